The lowest BCUT2D eigenvalue weighted by atomic mass is 9.82. The molecule has 0 unspecified atom stereocenters. The minimum atomic E-state index is -0.535. The molecule has 76 valence electrons. The molecular weight excluding hydrogens is 180 g/mol. The van der Waals surface area contributed by atoms with E-state index in [1.54, 1.807) is 6.26 Å². The van der Waals surface area contributed by atoms with E-state index in [4.69, 9.17) is 14.6 Å². The van der Waals surface area contributed by atoms with Gasteiger partial charge < -0.3 is 4.42 Å². The minimum Gasteiger partial charge on any atom is -0.466 e. The van der Waals surface area contributed by atoms with Crippen LogP contribution < -0.4 is 0 Å². The van der Waals surface area contributed by atoms with Gasteiger partial charge in [-0.1, -0.05) is 0 Å². The maximum Gasteiger partial charge on any atom is 0.163 e. The van der Waals surface area contributed by atoms with Crippen molar-refractivity contribution in [2.45, 2.75) is 31.3 Å². The standard InChI is InChI=1S/C11H14O3/c12-14-11(10-2-1-5-13-10)7-8-3-4-9(11)6-8/h1-2,5,8-9,12H,3-4,6-7H2/t8-,9+,11-/m1/s1. The molecule has 2 aliphatic carbocycles. The fourth-order valence-corrected chi connectivity index (χ4v) is 3.26. The summed E-state index contributed by atoms with van der Waals surface area (Å²) in [5.41, 5.74) is -0.535. The summed E-state index contributed by atoms with van der Waals surface area (Å²) in [4.78, 5) is 4.78. The smallest absolute Gasteiger partial charge is 0.163 e. The third-order valence-electron chi connectivity index (χ3n) is 3.89. The lowest BCUT2D eigenvalue weighted by molar-refractivity contribution is -0.347. The third-order valence-corrected chi connectivity index (χ3v) is 3.89. The molecule has 3 rings (SSSR count). The van der Waals surface area contributed by atoms with E-state index in [1.807, 2.05) is 12.1 Å². The average molecular weight is 194 g/mol. The van der Waals surface area contributed by atoms with Gasteiger partial charge in [0, 0.05) is 0 Å². The van der Waals surface area contributed by atoms with Crippen molar-refractivity contribution < 1.29 is 14.6 Å². The van der Waals surface area contributed by atoms with Gasteiger partial charge >= 0.3 is 0 Å². The molecule has 2 saturated carbocycles. The van der Waals surface area contributed by atoms with Crippen LogP contribution in [0.1, 0.15) is 31.4 Å². The maximum atomic E-state index is 9.15. The van der Waals surface area contributed by atoms with Gasteiger partial charge in [-0.3, -0.25) is 5.26 Å². The normalized spacial score (nSPS) is 40.6. The van der Waals surface area contributed by atoms with Gasteiger partial charge in [-0.05, 0) is 49.7 Å². The molecule has 1 aromatic heterocycles. The molecule has 3 heteroatoms. The quantitative estimate of drug-likeness (QED) is 0.581. The Labute approximate surface area is 82.6 Å². The monoisotopic (exact) mass is 194 g/mol. The van der Waals surface area contributed by atoms with Gasteiger partial charge in [-0.25, -0.2) is 4.89 Å². The zero-order valence-electron chi connectivity index (χ0n) is 7.98. The molecule has 1 heterocycles. The molecule has 3 atom stereocenters. The molecule has 0 aromatic carbocycles. The first-order valence-corrected chi connectivity index (χ1v) is 5.22. The van der Waals surface area contributed by atoms with Crippen LogP contribution in [0.5, 0.6) is 0 Å². The van der Waals surface area contributed by atoms with Crippen molar-refractivity contribution >= 4 is 0 Å². The van der Waals surface area contributed by atoms with Crippen molar-refractivity contribution in [3.8, 4) is 0 Å². The summed E-state index contributed by atoms with van der Waals surface area (Å²) in [6, 6.07) is 3.75. The molecule has 14 heavy (non-hydrogen) atoms. The van der Waals surface area contributed by atoms with Crippen LogP contribution >= 0.6 is 0 Å². The zero-order valence-corrected chi connectivity index (χ0v) is 7.98. The van der Waals surface area contributed by atoms with E-state index in [9.17, 15) is 0 Å². The second kappa shape index (κ2) is 2.84. The molecule has 0 spiro atoms. The highest BCUT2D eigenvalue weighted by atomic mass is 17.1. The average Bonchev–Trinajstić information content (AvgIpc) is 2.93. The molecule has 0 saturated heterocycles. The number of fused-ring (bicyclic) bond motifs is 2. The van der Waals surface area contributed by atoms with Crippen LogP contribution in [-0.4, -0.2) is 5.26 Å². The van der Waals surface area contributed by atoms with E-state index < -0.39 is 5.60 Å². The van der Waals surface area contributed by atoms with Crippen LogP contribution in [0.2, 0.25) is 0 Å². The molecule has 2 bridgehead atoms. The van der Waals surface area contributed by atoms with Crippen LogP contribution in [0.25, 0.3) is 0 Å². The first-order chi connectivity index (χ1) is 6.85. The van der Waals surface area contributed by atoms with Gasteiger partial charge in [0.1, 0.15) is 5.76 Å². The number of furan rings is 1. The third kappa shape index (κ3) is 0.940. The minimum absolute atomic E-state index is 0.434. The Morgan fingerprint density at radius 3 is 2.93 bits per heavy atom. The van der Waals surface area contributed by atoms with Gasteiger partial charge in [0.2, 0.25) is 0 Å². The highest BCUT2D eigenvalue weighted by molar-refractivity contribution is 5.17. The Bertz CT molecular complexity index is 319. The van der Waals surface area contributed by atoms with E-state index in [1.165, 1.54) is 12.8 Å². The number of rotatable bonds is 2. The maximum absolute atomic E-state index is 9.15. The summed E-state index contributed by atoms with van der Waals surface area (Å²) in [6.07, 6.45) is 6.13. The first-order valence-electron chi connectivity index (χ1n) is 5.22. The van der Waals surface area contributed by atoms with Crippen molar-refractivity contribution in [3.63, 3.8) is 0 Å². The Hall–Kier alpha value is -0.800. The lowest BCUT2D eigenvalue weighted by Gasteiger charge is -2.32. The number of hydrogen-bond donors (Lipinski definition) is 1. The van der Waals surface area contributed by atoms with Gasteiger partial charge in [-0.2, -0.15) is 0 Å². The predicted octanol–water partition coefficient (Wildman–Crippen LogP) is 2.78. The van der Waals surface area contributed by atoms with Crippen LogP contribution in [-0.2, 0) is 10.5 Å². The number of hydrogen-bond acceptors (Lipinski definition) is 3. The van der Waals surface area contributed by atoms with Crippen molar-refractivity contribution in [1.82, 2.24) is 0 Å². The summed E-state index contributed by atoms with van der Waals surface area (Å²) in [6.45, 7) is 0. The summed E-state index contributed by atoms with van der Waals surface area (Å²) in [5.74, 6) is 1.92. The summed E-state index contributed by atoms with van der Waals surface area (Å²) in [7, 11) is 0. The first kappa shape index (κ1) is 8.50. The zero-order chi connectivity index (χ0) is 9.60. The van der Waals surface area contributed by atoms with Crippen LogP contribution in [0.15, 0.2) is 22.8 Å². The van der Waals surface area contributed by atoms with Gasteiger partial charge in [0.05, 0.1) is 6.26 Å². The van der Waals surface area contributed by atoms with Crippen LogP contribution in [0.4, 0.5) is 0 Å². The topological polar surface area (TPSA) is 42.6 Å². The molecule has 1 aromatic rings. The van der Waals surface area contributed by atoms with Gasteiger partial charge in [0.25, 0.3) is 0 Å². The Kier molecular flexibility index (Phi) is 1.73. The molecule has 1 N–H and O–H groups in total. The van der Waals surface area contributed by atoms with Crippen molar-refractivity contribution in [3.05, 3.63) is 24.2 Å². The van der Waals surface area contributed by atoms with E-state index in [-0.39, 0.29) is 0 Å². The van der Waals surface area contributed by atoms with Gasteiger partial charge in [0.15, 0.2) is 5.60 Å². The van der Waals surface area contributed by atoms with Crippen LogP contribution in [0.3, 0.4) is 0 Å². The Morgan fingerprint density at radius 1 is 1.50 bits per heavy atom. The molecular formula is C11H14O3. The van der Waals surface area contributed by atoms with E-state index in [2.05, 4.69) is 0 Å². The Balaban J connectivity index is 2.00. The molecule has 2 aliphatic rings. The SMILES string of the molecule is OO[C@]1(c2ccco2)C[C@@H]2CC[C@H]1C2. The molecule has 0 amide bonds. The highest BCUT2D eigenvalue weighted by Crippen LogP contribution is 2.57. The second-order valence-corrected chi connectivity index (χ2v) is 4.54. The predicted molar refractivity (Wildman–Crippen MR) is 49.5 cm³/mol. The molecule has 3 nitrogen and oxygen atoms in total. The summed E-state index contributed by atoms with van der Waals surface area (Å²) in [5, 5.41) is 9.15. The van der Waals surface area contributed by atoms with Crippen molar-refractivity contribution in [2.24, 2.45) is 11.8 Å². The van der Waals surface area contributed by atoms with Crippen LogP contribution in [0, 0.1) is 11.8 Å². The van der Waals surface area contributed by atoms with E-state index in [0.717, 1.165) is 18.6 Å². The molecule has 0 aliphatic heterocycles. The fraction of sp³-hybridized carbons (Fsp3) is 0.636. The molecule has 2 fully saturated rings. The molecule has 0 radical (unpaired) electrons. The largest absolute Gasteiger partial charge is 0.466 e. The van der Waals surface area contributed by atoms with Gasteiger partial charge in [-0.15, -0.1) is 0 Å². The van der Waals surface area contributed by atoms with Crippen molar-refractivity contribution in [1.29, 1.82) is 0 Å². The van der Waals surface area contributed by atoms with E-state index >= 15 is 0 Å². The fourth-order valence-electron chi connectivity index (χ4n) is 3.26. The lowest BCUT2D eigenvalue weighted by Crippen LogP contribution is -2.34. The van der Waals surface area contributed by atoms with Crippen molar-refractivity contribution in [2.75, 3.05) is 0 Å². The second-order valence-electron chi connectivity index (χ2n) is 4.54. The summed E-state index contributed by atoms with van der Waals surface area (Å²) < 4.78 is 5.38. The van der Waals surface area contributed by atoms with E-state index in [0.29, 0.717) is 11.8 Å². The highest BCUT2D eigenvalue weighted by Gasteiger charge is 2.55. The Morgan fingerprint density at radius 2 is 2.43 bits per heavy atom. The summed E-state index contributed by atoms with van der Waals surface area (Å²) >= 11 is 0.